The highest BCUT2D eigenvalue weighted by Crippen LogP contribution is 2.28. The number of piperidine rings is 1. The van der Waals surface area contributed by atoms with Crippen LogP contribution in [0, 0.1) is 0 Å². The van der Waals surface area contributed by atoms with Crippen LogP contribution >= 0.6 is 0 Å². The average Bonchev–Trinajstić information content (AvgIpc) is 2.61. The summed E-state index contributed by atoms with van der Waals surface area (Å²) in [6.45, 7) is 6.78. The molecule has 0 spiro atoms. The third-order valence-electron chi connectivity index (χ3n) is 4.89. The second-order valence-electron chi connectivity index (χ2n) is 7.20. The molecule has 0 unspecified atom stereocenters. The first kappa shape index (κ1) is 17.7. The van der Waals surface area contributed by atoms with Gasteiger partial charge in [0, 0.05) is 44.7 Å². The van der Waals surface area contributed by atoms with Crippen molar-refractivity contribution in [3.8, 4) is 5.75 Å². The van der Waals surface area contributed by atoms with Gasteiger partial charge in [-0.15, -0.1) is 0 Å². The Morgan fingerprint density at radius 3 is 2.52 bits per heavy atom. The Kier molecular flexibility index (Phi) is 5.27. The van der Waals surface area contributed by atoms with Crippen molar-refractivity contribution in [3.63, 3.8) is 0 Å². The van der Waals surface area contributed by atoms with Crippen LogP contribution in [0.3, 0.4) is 0 Å². The van der Waals surface area contributed by atoms with Crippen LogP contribution in [0.5, 0.6) is 5.75 Å². The predicted molar refractivity (Wildman–Crippen MR) is 104 cm³/mol. The molecule has 1 aliphatic heterocycles. The lowest BCUT2D eigenvalue weighted by Crippen LogP contribution is -2.42. The molecule has 6 nitrogen and oxygen atoms in total. The Morgan fingerprint density at radius 1 is 1.20 bits per heavy atom. The molecule has 0 atom stereocenters. The number of hydrogen-bond acceptors (Lipinski definition) is 6. The molecule has 0 saturated carbocycles. The van der Waals surface area contributed by atoms with Crippen LogP contribution < -0.4 is 15.0 Å². The molecule has 0 aliphatic carbocycles. The fourth-order valence-electron chi connectivity index (χ4n) is 3.29. The van der Waals surface area contributed by atoms with E-state index in [2.05, 4.69) is 29.0 Å². The second-order valence-corrected chi connectivity index (χ2v) is 7.20. The zero-order valence-corrected chi connectivity index (χ0v) is 15.9. The van der Waals surface area contributed by atoms with E-state index in [9.17, 15) is 0 Å². The smallest absolute Gasteiger partial charge is 0.227 e. The summed E-state index contributed by atoms with van der Waals surface area (Å²) >= 11 is 0. The number of fused-ring (bicyclic) bond motifs is 1. The van der Waals surface area contributed by atoms with Crippen molar-refractivity contribution in [1.82, 2.24) is 14.9 Å². The Labute approximate surface area is 150 Å². The van der Waals surface area contributed by atoms with Crippen LogP contribution in [0.2, 0.25) is 0 Å². The SMILES string of the molecule is COc1ccc2nc(N(C)C)nc(NC3CCN(C(C)C)CC3)c2c1. The summed E-state index contributed by atoms with van der Waals surface area (Å²) in [4.78, 5) is 13.9. The highest BCUT2D eigenvalue weighted by molar-refractivity contribution is 5.91. The molecule has 1 aliphatic rings. The van der Waals surface area contributed by atoms with Crippen molar-refractivity contribution in [2.24, 2.45) is 0 Å². The first-order valence-corrected chi connectivity index (χ1v) is 9.01. The van der Waals surface area contributed by atoms with E-state index in [1.165, 1.54) is 0 Å². The zero-order valence-electron chi connectivity index (χ0n) is 15.9. The van der Waals surface area contributed by atoms with Gasteiger partial charge in [0.25, 0.3) is 0 Å². The van der Waals surface area contributed by atoms with Crippen molar-refractivity contribution in [2.45, 2.75) is 38.8 Å². The van der Waals surface area contributed by atoms with Gasteiger partial charge in [0.15, 0.2) is 0 Å². The lowest BCUT2D eigenvalue weighted by atomic mass is 10.0. The van der Waals surface area contributed by atoms with Crippen molar-refractivity contribution < 1.29 is 4.74 Å². The van der Waals surface area contributed by atoms with Gasteiger partial charge < -0.3 is 19.9 Å². The molecule has 2 aromatic rings. The largest absolute Gasteiger partial charge is 0.497 e. The number of anilines is 2. The van der Waals surface area contributed by atoms with E-state index < -0.39 is 0 Å². The van der Waals surface area contributed by atoms with Gasteiger partial charge >= 0.3 is 0 Å². The minimum Gasteiger partial charge on any atom is -0.497 e. The number of nitrogens with one attached hydrogen (secondary N) is 1. The first-order valence-electron chi connectivity index (χ1n) is 9.01. The summed E-state index contributed by atoms with van der Waals surface area (Å²) in [5.41, 5.74) is 0.932. The number of methoxy groups -OCH3 is 1. The first-order chi connectivity index (χ1) is 12.0. The van der Waals surface area contributed by atoms with Gasteiger partial charge in [0.2, 0.25) is 5.95 Å². The van der Waals surface area contributed by atoms with Crippen LogP contribution in [0.25, 0.3) is 10.9 Å². The van der Waals surface area contributed by atoms with Crippen molar-refractivity contribution in [1.29, 1.82) is 0 Å². The highest BCUT2D eigenvalue weighted by atomic mass is 16.5. The number of benzene rings is 1. The van der Waals surface area contributed by atoms with Crippen molar-refractivity contribution in [3.05, 3.63) is 18.2 Å². The summed E-state index contributed by atoms with van der Waals surface area (Å²) in [6.07, 6.45) is 2.26. The van der Waals surface area contributed by atoms with E-state index in [0.717, 1.165) is 54.3 Å². The molecule has 1 fully saturated rings. The van der Waals surface area contributed by atoms with E-state index in [1.807, 2.05) is 37.2 Å². The minimum atomic E-state index is 0.439. The molecule has 2 heterocycles. The standard InChI is InChI=1S/C19H29N5O/c1-13(2)24-10-8-14(9-11-24)20-18-16-12-15(25-5)6-7-17(16)21-19(22-18)23(3)4/h6-7,12-14H,8-11H2,1-5H3,(H,20,21,22). The Bertz CT molecular complexity index is 723. The van der Waals surface area contributed by atoms with Gasteiger partial charge in [-0.1, -0.05) is 0 Å². The summed E-state index contributed by atoms with van der Waals surface area (Å²) < 4.78 is 5.38. The molecular formula is C19H29N5O. The maximum absolute atomic E-state index is 5.38. The fourth-order valence-corrected chi connectivity index (χ4v) is 3.29. The third-order valence-corrected chi connectivity index (χ3v) is 4.89. The monoisotopic (exact) mass is 343 g/mol. The molecule has 136 valence electrons. The molecule has 1 saturated heterocycles. The highest BCUT2D eigenvalue weighted by Gasteiger charge is 2.22. The summed E-state index contributed by atoms with van der Waals surface area (Å²) in [5, 5.41) is 4.68. The lowest BCUT2D eigenvalue weighted by molar-refractivity contribution is 0.177. The molecule has 1 N–H and O–H groups in total. The van der Waals surface area contributed by atoms with Crippen molar-refractivity contribution in [2.75, 3.05) is 44.5 Å². The number of aromatic nitrogens is 2. The molecule has 1 aromatic heterocycles. The number of rotatable bonds is 5. The van der Waals surface area contributed by atoms with E-state index in [4.69, 9.17) is 9.72 Å². The lowest BCUT2D eigenvalue weighted by Gasteiger charge is -2.35. The van der Waals surface area contributed by atoms with Crippen LogP contribution in [0.4, 0.5) is 11.8 Å². The Hall–Kier alpha value is -2.08. The molecule has 0 radical (unpaired) electrons. The number of ether oxygens (including phenoxy) is 1. The number of hydrogen-bond donors (Lipinski definition) is 1. The maximum atomic E-state index is 5.38. The summed E-state index contributed by atoms with van der Waals surface area (Å²) in [6, 6.07) is 7.01. The van der Waals surface area contributed by atoms with Gasteiger partial charge in [0.05, 0.1) is 12.6 Å². The van der Waals surface area contributed by atoms with Crippen LogP contribution in [0.1, 0.15) is 26.7 Å². The van der Waals surface area contributed by atoms with E-state index in [1.54, 1.807) is 7.11 Å². The number of likely N-dealkylation sites (tertiary alicyclic amines) is 1. The topological polar surface area (TPSA) is 53.5 Å². The van der Waals surface area contributed by atoms with Gasteiger partial charge in [-0.25, -0.2) is 4.98 Å². The Balaban J connectivity index is 1.88. The second kappa shape index (κ2) is 7.44. The molecular weight excluding hydrogens is 314 g/mol. The van der Waals surface area contributed by atoms with E-state index in [-0.39, 0.29) is 0 Å². The zero-order chi connectivity index (χ0) is 18.0. The average molecular weight is 343 g/mol. The maximum Gasteiger partial charge on any atom is 0.227 e. The van der Waals surface area contributed by atoms with Gasteiger partial charge in [-0.05, 0) is 44.9 Å². The Morgan fingerprint density at radius 2 is 1.92 bits per heavy atom. The third kappa shape index (κ3) is 3.95. The van der Waals surface area contributed by atoms with Gasteiger partial charge in [0.1, 0.15) is 11.6 Å². The molecule has 0 bridgehead atoms. The number of nitrogens with zero attached hydrogens (tertiary/aromatic N) is 4. The molecule has 3 rings (SSSR count). The predicted octanol–water partition coefficient (Wildman–Crippen LogP) is 2.99. The van der Waals surface area contributed by atoms with Gasteiger partial charge in [-0.3, -0.25) is 0 Å². The van der Waals surface area contributed by atoms with Gasteiger partial charge in [-0.2, -0.15) is 4.98 Å². The van der Waals surface area contributed by atoms with E-state index >= 15 is 0 Å². The molecule has 0 amide bonds. The quantitative estimate of drug-likeness (QED) is 0.901. The molecule has 25 heavy (non-hydrogen) atoms. The van der Waals surface area contributed by atoms with E-state index in [0.29, 0.717) is 12.1 Å². The molecule has 1 aromatic carbocycles. The van der Waals surface area contributed by atoms with Crippen LogP contribution in [-0.2, 0) is 0 Å². The van der Waals surface area contributed by atoms with Crippen molar-refractivity contribution >= 4 is 22.7 Å². The normalized spacial score (nSPS) is 16.4. The van der Waals surface area contributed by atoms with Crippen LogP contribution in [-0.4, -0.2) is 61.2 Å². The van der Waals surface area contributed by atoms with Crippen LogP contribution in [0.15, 0.2) is 18.2 Å². The minimum absolute atomic E-state index is 0.439. The fraction of sp³-hybridized carbons (Fsp3) is 0.579. The summed E-state index contributed by atoms with van der Waals surface area (Å²) in [7, 11) is 5.62. The molecule has 6 heteroatoms. The summed E-state index contributed by atoms with van der Waals surface area (Å²) in [5.74, 6) is 2.45.